The Bertz CT molecular complexity index is 743. The van der Waals surface area contributed by atoms with Crippen LogP contribution in [0.5, 0.6) is 5.75 Å². The second-order valence-electron chi connectivity index (χ2n) is 4.09. The van der Waals surface area contributed by atoms with E-state index < -0.39 is 16.4 Å². The standard InChI is InChI=1S/C14H8ClFN2O3/c15-12-6-11(3-2-10(12)7-17)21-8-9-1-4-14(18(19)20)13(16)5-9/h1-6H,8H2. The van der Waals surface area contributed by atoms with Gasteiger partial charge in [-0.05, 0) is 29.8 Å². The van der Waals surface area contributed by atoms with Crippen molar-refractivity contribution < 1.29 is 14.1 Å². The molecule has 0 amide bonds. The summed E-state index contributed by atoms with van der Waals surface area (Å²) in [5.74, 6) is -0.503. The van der Waals surface area contributed by atoms with Crippen molar-refractivity contribution in [3.05, 3.63) is 68.5 Å². The number of halogens is 2. The van der Waals surface area contributed by atoms with Crippen LogP contribution in [0.1, 0.15) is 11.1 Å². The molecule has 21 heavy (non-hydrogen) atoms. The SMILES string of the molecule is N#Cc1ccc(OCc2ccc([N+](=O)[O-])c(F)c2)cc1Cl. The molecular formula is C14H8ClFN2O3. The maximum absolute atomic E-state index is 13.4. The molecule has 0 unspecified atom stereocenters. The fraction of sp³-hybridized carbons (Fsp3) is 0.0714. The van der Waals surface area contributed by atoms with Crippen molar-refractivity contribution >= 4 is 17.3 Å². The first kappa shape index (κ1) is 14.8. The predicted molar refractivity (Wildman–Crippen MR) is 73.6 cm³/mol. The van der Waals surface area contributed by atoms with Gasteiger partial charge in [-0.25, -0.2) is 0 Å². The van der Waals surface area contributed by atoms with Crippen LogP contribution in [0.4, 0.5) is 10.1 Å². The van der Waals surface area contributed by atoms with Gasteiger partial charge in [0.1, 0.15) is 18.4 Å². The van der Waals surface area contributed by atoms with Gasteiger partial charge in [-0.15, -0.1) is 0 Å². The molecule has 0 radical (unpaired) electrons. The van der Waals surface area contributed by atoms with Crippen LogP contribution >= 0.6 is 11.6 Å². The lowest BCUT2D eigenvalue weighted by atomic mass is 10.2. The minimum absolute atomic E-state index is 0.0249. The van der Waals surface area contributed by atoms with E-state index in [1.165, 1.54) is 18.2 Å². The maximum Gasteiger partial charge on any atom is 0.304 e. The molecule has 0 atom stereocenters. The number of hydrogen-bond acceptors (Lipinski definition) is 4. The van der Waals surface area contributed by atoms with Gasteiger partial charge >= 0.3 is 5.69 Å². The van der Waals surface area contributed by atoms with Crippen LogP contribution in [-0.2, 0) is 6.61 Å². The van der Waals surface area contributed by atoms with Crippen LogP contribution in [0.25, 0.3) is 0 Å². The van der Waals surface area contributed by atoms with E-state index >= 15 is 0 Å². The second kappa shape index (κ2) is 6.20. The molecule has 106 valence electrons. The molecule has 0 saturated heterocycles. The molecule has 0 saturated carbocycles. The number of rotatable bonds is 4. The first-order valence-electron chi connectivity index (χ1n) is 5.76. The summed E-state index contributed by atoms with van der Waals surface area (Å²) in [6, 6.07) is 10.0. The monoisotopic (exact) mass is 306 g/mol. The maximum atomic E-state index is 13.4. The number of hydrogen-bond donors (Lipinski definition) is 0. The number of nitriles is 1. The first-order valence-corrected chi connectivity index (χ1v) is 6.14. The Hall–Kier alpha value is -2.65. The van der Waals surface area contributed by atoms with E-state index in [9.17, 15) is 14.5 Å². The highest BCUT2D eigenvalue weighted by atomic mass is 35.5. The summed E-state index contributed by atoms with van der Waals surface area (Å²) in [4.78, 5) is 9.71. The number of ether oxygens (including phenoxy) is 1. The summed E-state index contributed by atoms with van der Waals surface area (Å²) < 4.78 is 18.8. The largest absolute Gasteiger partial charge is 0.489 e. The summed E-state index contributed by atoms with van der Waals surface area (Å²) in [5.41, 5.74) is 0.184. The van der Waals surface area contributed by atoms with Crippen molar-refractivity contribution in [3.63, 3.8) is 0 Å². The lowest BCUT2D eigenvalue weighted by Crippen LogP contribution is -1.98. The van der Waals surface area contributed by atoms with Crippen LogP contribution in [0.2, 0.25) is 5.02 Å². The Kier molecular flexibility index (Phi) is 4.36. The van der Waals surface area contributed by atoms with Crippen LogP contribution in [-0.4, -0.2) is 4.92 Å². The van der Waals surface area contributed by atoms with Gasteiger partial charge in [0.05, 0.1) is 15.5 Å². The summed E-state index contributed by atoms with van der Waals surface area (Å²) in [6.07, 6.45) is 0. The van der Waals surface area contributed by atoms with Crippen LogP contribution < -0.4 is 4.74 Å². The fourth-order valence-electron chi connectivity index (χ4n) is 1.63. The van der Waals surface area contributed by atoms with E-state index in [0.29, 0.717) is 16.9 Å². The molecule has 0 N–H and O–H groups in total. The van der Waals surface area contributed by atoms with Crippen molar-refractivity contribution in [2.75, 3.05) is 0 Å². The molecule has 2 aromatic rings. The molecule has 0 aliphatic carbocycles. The van der Waals surface area contributed by atoms with Crippen molar-refractivity contribution in [3.8, 4) is 11.8 Å². The molecule has 0 aromatic heterocycles. The topological polar surface area (TPSA) is 76.2 Å². The minimum atomic E-state index is -0.918. The summed E-state index contributed by atoms with van der Waals surface area (Å²) in [7, 11) is 0. The molecule has 2 aromatic carbocycles. The van der Waals surface area contributed by atoms with Gasteiger partial charge in [0, 0.05) is 12.1 Å². The number of nitro groups is 1. The van der Waals surface area contributed by atoms with E-state index in [1.54, 1.807) is 6.07 Å². The van der Waals surface area contributed by atoms with Gasteiger partial charge in [0.2, 0.25) is 5.82 Å². The molecule has 0 aliphatic rings. The smallest absolute Gasteiger partial charge is 0.304 e. The van der Waals surface area contributed by atoms with Crippen molar-refractivity contribution in [1.29, 1.82) is 5.26 Å². The molecule has 0 fully saturated rings. The van der Waals surface area contributed by atoms with Gasteiger partial charge in [0.15, 0.2) is 0 Å². The third kappa shape index (κ3) is 3.46. The minimum Gasteiger partial charge on any atom is -0.489 e. The molecule has 0 spiro atoms. The van der Waals surface area contributed by atoms with Gasteiger partial charge < -0.3 is 4.74 Å². The van der Waals surface area contributed by atoms with Crippen LogP contribution in [0.15, 0.2) is 36.4 Å². The average Bonchev–Trinajstić information content (AvgIpc) is 2.45. The Morgan fingerprint density at radius 1 is 1.33 bits per heavy atom. The lowest BCUT2D eigenvalue weighted by molar-refractivity contribution is -0.387. The lowest BCUT2D eigenvalue weighted by Gasteiger charge is -2.07. The summed E-state index contributed by atoms with van der Waals surface area (Å²) in [6.45, 7) is 0.0249. The van der Waals surface area contributed by atoms with Gasteiger partial charge in [-0.1, -0.05) is 11.6 Å². The fourth-order valence-corrected chi connectivity index (χ4v) is 1.84. The second-order valence-corrected chi connectivity index (χ2v) is 4.49. The highest BCUT2D eigenvalue weighted by molar-refractivity contribution is 6.31. The molecule has 0 bridgehead atoms. The molecule has 0 aliphatic heterocycles. The zero-order valence-electron chi connectivity index (χ0n) is 10.5. The normalized spacial score (nSPS) is 9.95. The third-order valence-corrected chi connectivity index (χ3v) is 2.99. The number of nitro benzene ring substituents is 1. The van der Waals surface area contributed by atoms with Crippen molar-refractivity contribution in [2.45, 2.75) is 6.61 Å². The van der Waals surface area contributed by atoms with Gasteiger partial charge in [-0.2, -0.15) is 9.65 Å². The van der Waals surface area contributed by atoms with E-state index in [2.05, 4.69) is 0 Å². The highest BCUT2D eigenvalue weighted by Gasteiger charge is 2.13. The van der Waals surface area contributed by atoms with Crippen molar-refractivity contribution in [2.24, 2.45) is 0 Å². The van der Waals surface area contributed by atoms with Crippen LogP contribution in [0, 0.1) is 27.3 Å². The van der Waals surface area contributed by atoms with Gasteiger partial charge in [0.25, 0.3) is 0 Å². The molecule has 7 heteroatoms. The quantitative estimate of drug-likeness (QED) is 0.635. The van der Waals surface area contributed by atoms with Crippen LogP contribution in [0.3, 0.4) is 0 Å². The first-order chi connectivity index (χ1) is 10.0. The zero-order chi connectivity index (χ0) is 15.4. The molecule has 5 nitrogen and oxygen atoms in total. The number of benzene rings is 2. The Morgan fingerprint density at radius 3 is 2.67 bits per heavy atom. The molecule has 2 rings (SSSR count). The summed E-state index contributed by atoms with van der Waals surface area (Å²) in [5, 5.41) is 19.5. The third-order valence-electron chi connectivity index (χ3n) is 2.68. The summed E-state index contributed by atoms with van der Waals surface area (Å²) >= 11 is 5.85. The van der Waals surface area contributed by atoms with Crippen molar-refractivity contribution in [1.82, 2.24) is 0 Å². The van der Waals surface area contributed by atoms with E-state index in [0.717, 1.165) is 12.1 Å². The molecule has 0 heterocycles. The number of nitrogens with zero attached hydrogens (tertiary/aromatic N) is 2. The van der Waals surface area contributed by atoms with E-state index in [-0.39, 0.29) is 11.6 Å². The Labute approximate surface area is 124 Å². The Morgan fingerprint density at radius 2 is 2.10 bits per heavy atom. The zero-order valence-corrected chi connectivity index (χ0v) is 11.3. The Balaban J connectivity index is 2.10. The van der Waals surface area contributed by atoms with E-state index in [1.807, 2.05) is 6.07 Å². The van der Waals surface area contributed by atoms with Gasteiger partial charge in [-0.3, -0.25) is 10.1 Å². The van der Waals surface area contributed by atoms with E-state index in [4.69, 9.17) is 21.6 Å². The highest BCUT2D eigenvalue weighted by Crippen LogP contribution is 2.23. The molecular weight excluding hydrogens is 299 g/mol. The average molecular weight is 307 g/mol. The predicted octanol–water partition coefficient (Wildman–Crippen LogP) is 3.84.